The second-order valence-electron chi connectivity index (χ2n) is 13.0. The smallest absolute Gasteiger partial charge is 0.475 e. The van der Waals surface area contributed by atoms with E-state index in [4.69, 9.17) is 20.4 Å². The number of halogens is 3. The van der Waals surface area contributed by atoms with Crippen molar-refractivity contribution in [1.82, 2.24) is 10.4 Å². The number of amides is 2. The van der Waals surface area contributed by atoms with Crippen molar-refractivity contribution in [2.75, 3.05) is 36.0 Å². The fourth-order valence-electron chi connectivity index (χ4n) is 6.02. The van der Waals surface area contributed by atoms with E-state index in [2.05, 4.69) is 22.5 Å². The SMILES string of the molecule is NCc1cccc(Oc2ccccc2N(Cc2ccc(-c3cccc(C=O)c3)cc2)C(=O)CCC(=O)NN2CCN(c3ccccc3)CC2)c1.O=C(O)C(F)(F)F. The standard InChI is InChI=1S/C41H41N5O4.C2HF3O2/c42-28-32-8-7-13-37(27-32)50-39-15-5-4-14-38(39)46(29-31-16-18-34(19-17-31)35-10-6-9-33(26-35)30-47)41(49)21-20-40(48)43-45-24-22-44(23-25-45)36-11-2-1-3-12-36;3-2(4,5)1(6)7/h1-19,26-27,30H,20-25,28-29,42H2,(H,43,48);(H,6,7). The molecule has 4 N–H and O–H groups in total. The first kappa shape index (κ1) is 41.6. The summed E-state index contributed by atoms with van der Waals surface area (Å²) in [7, 11) is 0. The summed E-state index contributed by atoms with van der Waals surface area (Å²) in [6.07, 6.45) is -4.19. The van der Waals surface area contributed by atoms with Crippen molar-refractivity contribution in [3.63, 3.8) is 0 Å². The van der Waals surface area contributed by atoms with E-state index in [0.29, 0.717) is 42.4 Å². The number of carboxylic acid groups (broad SMARTS) is 1. The Bertz CT molecular complexity index is 2120. The lowest BCUT2D eigenvalue weighted by Gasteiger charge is -2.36. The number of aliphatic carboxylic acids is 1. The van der Waals surface area contributed by atoms with Gasteiger partial charge in [-0.05, 0) is 64.7 Å². The molecule has 0 aliphatic carbocycles. The largest absolute Gasteiger partial charge is 0.490 e. The number of nitrogens with two attached hydrogens (primary N) is 1. The van der Waals surface area contributed by atoms with Gasteiger partial charge in [0.05, 0.1) is 12.2 Å². The minimum absolute atomic E-state index is 0.0172. The van der Waals surface area contributed by atoms with Crippen LogP contribution in [0.3, 0.4) is 0 Å². The van der Waals surface area contributed by atoms with Crippen LogP contribution in [0.15, 0.2) is 127 Å². The lowest BCUT2D eigenvalue weighted by atomic mass is 10.0. The zero-order valence-electron chi connectivity index (χ0n) is 30.9. The quantitative estimate of drug-likeness (QED) is 0.106. The van der Waals surface area contributed by atoms with Gasteiger partial charge in [0.2, 0.25) is 11.8 Å². The van der Waals surface area contributed by atoms with Gasteiger partial charge in [0.15, 0.2) is 5.75 Å². The molecular weight excluding hydrogens is 739 g/mol. The molecule has 0 spiro atoms. The fraction of sp³-hybridized carbons (Fsp3) is 0.209. The molecule has 1 aliphatic heterocycles. The van der Waals surface area contributed by atoms with Crippen molar-refractivity contribution in [2.24, 2.45) is 5.73 Å². The molecule has 11 nitrogen and oxygen atoms in total. The first-order valence-corrected chi connectivity index (χ1v) is 18.1. The number of anilines is 2. The summed E-state index contributed by atoms with van der Waals surface area (Å²) in [4.78, 5) is 51.3. The maximum atomic E-state index is 14.0. The molecule has 1 fully saturated rings. The number of nitrogens with one attached hydrogen (secondary N) is 1. The van der Waals surface area contributed by atoms with Crippen LogP contribution in [0.1, 0.15) is 34.3 Å². The molecule has 5 aromatic carbocycles. The summed E-state index contributed by atoms with van der Waals surface area (Å²) in [5, 5.41) is 9.05. The number of hydrogen-bond donors (Lipinski definition) is 3. The molecule has 14 heteroatoms. The van der Waals surface area contributed by atoms with E-state index in [1.165, 1.54) is 5.69 Å². The van der Waals surface area contributed by atoms with Gasteiger partial charge >= 0.3 is 12.1 Å². The highest BCUT2D eigenvalue weighted by Gasteiger charge is 2.38. The van der Waals surface area contributed by atoms with E-state index in [9.17, 15) is 27.6 Å². The first-order valence-electron chi connectivity index (χ1n) is 18.1. The molecule has 0 radical (unpaired) electrons. The Kier molecular flexibility index (Phi) is 14.5. The molecule has 296 valence electrons. The number of alkyl halides is 3. The van der Waals surface area contributed by atoms with Crippen LogP contribution in [-0.4, -0.2) is 66.5 Å². The maximum Gasteiger partial charge on any atom is 0.490 e. The van der Waals surface area contributed by atoms with E-state index in [0.717, 1.165) is 41.6 Å². The average molecular weight is 782 g/mol. The summed E-state index contributed by atoms with van der Waals surface area (Å²) < 4.78 is 38.1. The highest BCUT2D eigenvalue weighted by Crippen LogP contribution is 2.34. The number of aldehydes is 1. The minimum Gasteiger partial charge on any atom is -0.475 e. The molecule has 2 amide bonds. The van der Waals surface area contributed by atoms with Crippen LogP contribution in [0, 0.1) is 0 Å². The Morgan fingerprint density at radius 2 is 1.44 bits per heavy atom. The van der Waals surface area contributed by atoms with Gasteiger partial charge in [-0.3, -0.25) is 19.8 Å². The summed E-state index contributed by atoms with van der Waals surface area (Å²) >= 11 is 0. The number of para-hydroxylation sites is 3. The number of carbonyl (C=O) groups excluding carboxylic acids is 3. The van der Waals surface area contributed by atoms with Gasteiger partial charge in [0.1, 0.15) is 12.0 Å². The van der Waals surface area contributed by atoms with Crippen molar-refractivity contribution < 1.29 is 42.2 Å². The normalized spacial score (nSPS) is 12.8. The number of benzene rings is 5. The van der Waals surface area contributed by atoms with Crippen molar-refractivity contribution in [3.8, 4) is 22.6 Å². The number of rotatable bonds is 13. The van der Waals surface area contributed by atoms with E-state index >= 15 is 0 Å². The molecular formula is C43H42F3N5O6. The lowest BCUT2D eigenvalue weighted by molar-refractivity contribution is -0.192. The molecule has 0 atom stereocenters. The van der Waals surface area contributed by atoms with E-state index < -0.39 is 12.1 Å². The molecule has 1 aliphatic rings. The number of hydrazine groups is 1. The summed E-state index contributed by atoms with van der Waals surface area (Å²) in [6.45, 7) is 3.61. The van der Waals surface area contributed by atoms with Crippen LogP contribution in [0.4, 0.5) is 24.5 Å². The number of carbonyl (C=O) groups is 4. The fourth-order valence-corrected chi connectivity index (χ4v) is 6.02. The van der Waals surface area contributed by atoms with Crippen molar-refractivity contribution in [1.29, 1.82) is 0 Å². The molecule has 6 rings (SSSR count). The number of ether oxygens (including phenoxy) is 1. The number of nitrogens with zero attached hydrogens (tertiary/aromatic N) is 3. The third-order valence-corrected chi connectivity index (χ3v) is 8.96. The second-order valence-corrected chi connectivity index (χ2v) is 13.0. The minimum atomic E-state index is -5.08. The Labute approximate surface area is 328 Å². The van der Waals surface area contributed by atoms with E-state index in [-0.39, 0.29) is 31.2 Å². The molecule has 1 heterocycles. The lowest BCUT2D eigenvalue weighted by Crippen LogP contribution is -2.53. The predicted octanol–water partition coefficient (Wildman–Crippen LogP) is 7.22. The highest BCUT2D eigenvalue weighted by atomic mass is 19.4. The van der Waals surface area contributed by atoms with Crippen molar-refractivity contribution in [2.45, 2.75) is 32.1 Å². The third-order valence-electron chi connectivity index (χ3n) is 8.96. The number of hydrogen-bond acceptors (Lipinski definition) is 8. The van der Waals surface area contributed by atoms with Crippen molar-refractivity contribution >= 4 is 35.4 Å². The first-order chi connectivity index (χ1) is 27.4. The molecule has 5 aromatic rings. The van der Waals surface area contributed by atoms with E-state index in [1.54, 1.807) is 11.0 Å². The third kappa shape index (κ3) is 12.2. The molecule has 0 bridgehead atoms. The summed E-state index contributed by atoms with van der Waals surface area (Å²) in [5.41, 5.74) is 14.9. The number of piperazine rings is 1. The van der Waals surface area contributed by atoms with Gasteiger partial charge in [-0.1, -0.05) is 84.9 Å². The molecule has 0 unspecified atom stereocenters. The zero-order valence-corrected chi connectivity index (χ0v) is 30.9. The molecule has 0 saturated carbocycles. The zero-order chi connectivity index (χ0) is 40.8. The Hall–Kier alpha value is -6.51. The van der Waals surface area contributed by atoms with Crippen LogP contribution in [0.2, 0.25) is 0 Å². The topological polar surface area (TPSA) is 146 Å². The average Bonchev–Trinajstić information content (AvgIpc) is 3.23. The summed E-state index contributed by atoms with van der Waals surface area (Å²) in [6, 6.07) is 40.5. The summed E-state index contributed by atoms with van der Waals surface area (Å²) in [5.74, 6) is -2.04. The maximum absolute atomic E-state index is 14.0. The van der Waals surface area contributed by atoms with Crippen LogP contribution in [0.5, 0.6) is 11.5 Å². The van der Waals surface area contributed by atoms with Gasteiger partial charge in [-0.25, -0.2) is 9.80 Å². The monoisotopic (exact) mass is 781 g/mol. The highest BCUT2D eigenvalue weighted by molar-refractivity contribution is 5.96. The van der Waals surface area contributed by atoms with Gasteiger partial charge < -0.3 is 25.4 Å². The molecule has 0 aromatic heterocycles. The van der Waals surface area contributed by atoms with Crippen LogP contribution in [0.25, 0.3) is 11.1 Å². The Morgan fingerprint density at radius 1 is 0.772 bits per heavy atom. The second kappa shape index (κ2) is 19.9. The number of carboxylic acids is 1. The van der Waals surface area contributed by atoms with Gasteiger partial charge in [0, 0.05) is 56.8 Å². The molecule has 1 saturated heterocycles. The van der Waals surface area contributed by atoms with Gasteiger partial charge in [-0.2, -0.15) is 13.2 Å². The van der Waals surface area contributed by atoms with E-state index in [1.807, 2.05) is 114 Å². The predicted molar refractivity (Wildman–Crippen MR) is 211 cm³/mol. The van der Waals surface area contributed by atoms with Crippen molar-refractivity contribution in [3.05, 3.63) is 144 Å². The Morgan fingerprint density at radius 3 is 2.11 bits per heavy atom. The van der Waals surface area contributed by atoms with Crippen LogP contribution in [-0.2, 0) is 27.5 Å². The van der Waals surface area contributed by atoms with Gasteiger partial charge in [0.25, 0.3) is 0 Å². The molecule has 57 heavy (non-hydrogen) atoms. The van der Waals surface area contributed by atoms with Crippen LogP contribution < -0.4 is 25.7 Å². The Balaban J connectivity index is 0.000000811. The van der Waals surface area contributed by atoms with Crippen LogP contribution >= 0.6 is 0 Å². The van der Waals surface area contributed by atoms with Gasteiger partial charge in [-0.15, -0.1) is 0 Å².